The molecule has 1 saturated heterocycles. The van der Waals surface area contributed by atoms with Crippen molar-refractivity contribution in [1.29, 1.82) is 5.26 Å². The monoisotopic (exact) mass is 586 g/mol. The first-order valence-corrected chi connectivity index (χ1v) is 15.8. The Kier molecular flexibility index (Phi) is 9.73. The molecule has 0 bridgehead atoms. The molecule has 0 amide bonds. The van der Waals surface area contributed by atoms with Crippen LogP contribution < -0.4 is 5.32 Å². The molecule has 1 fully saturated rings. The molecule has 9 heteroatoms. The highest BCUT2D eigenvalue weighted by Crippen LogP contribution is 2.35. The normalized spacial score (nSPS) is 17.0. The van der Waals surface area contributed by atoms with Gasteiger partial charge in [0.15, 0.2) is 5.25 Å². The molecule has 2 heterocycles. The molecule has 5 rings (SSSR count). The molecule has 220 valence electrons. The molecular weight excluding hydrogens is 548 g/mol. The number of aromatic nitrogens is 1. The van der Waals surface area contributed by atoms with Crippen molar-refractivity contribution in [3.8, 4) is 6.07 Å². The minimum Gasteiger partial charge on any atom is -0.360 e. The zero-order valence-corrected chi connectivity index (χ0v) is 25.0. The molecule has 8 nitrogen and oxygen atoms in total. The summed E-state index contributed by atoms with van der Waals surface area (Å²) in [5, 5.41) is 13.3. The lowest BCUT2D eigenvalue weighted by molar-refractivity contribution is 0.0666. The van der Waals surface area contributed by atoms with Gasteiger partial charge in [0.05, 0.1) is 24.8 Å². The topological polar surface area (TPSA) is 96.6 Å². The fraction of sp³-hybridized carbons (Fsp3) is 0.364. The number of sulfonamides is 1. The number of hydrogen-bond acceptors (Lipinski definition) is 6. The highest BCUT2D eigenvalue weighted by Gasteiger charge is 2.33. The Balaban J connectivity index is 1.39. The van der Waals surface area contributed by atoms with Gasteiger partial charge in [0.25, 0.3) is 0 Å². The largest absolute Gasteiger partial charge is 0.360 e. The quantitative estimate of drug-likeness (QED) is 0.203. The van der Waals surface area contributed by atoms with E-state index in [1.165, 1.54) is 7.05 Å². The maximum Gasteiger partial charge on any atom is 0.236 e. The Bertz CT molecular complexity index is 1610. The maximum absolute atomic E-state index is 13.5. The molecule has 0 spiro atoms. The van der Waals surface area contributed by atoms with E-state index in [2.05, 4.69) is 23.0 Å². The summed E-state index contributed by atoms with van der Waals surface area (Å²) in [6.45, 7) is 4.17. The first kappa shape index (κ1) is 30.0. The zero-order valence-electron chi connectivity index (χ0n) is 24.1. The van der Waals surface area contributed by atoms with Crippen molar-refractivity contribution in [1.82, 2.24) is 14.2 Å². The molecule has 0 saturated carbocycles. The van der Waals surface area contributed by atoms with Gasteiger partial charge >= 0.3 is 0 Å². The lowest BCUT2D eigenvalue weighted by Gasteiger charge is -2.21. The Hall–Kier alpha value is -3.52. The highest BCUT2D eigenvalue weighted by molar-refractivity contribution is 7.89. The number of rotatable bonds is 13. The van der Waals surface area contributed by atoms with Crippen LogP contribution in [-0.2, 0) is 39.4 Å². The van der Waals surface area contributed by atoms with Crippen LogP contribution in [0.5, 0.6) is 0 Å². The van der Waals surface area contributed by atoms with Crippen LogP contribution in [0.2, 0.25) is 0 Å². The van der Waals surface area contributed by atoms with Crippen molar-refractivity contribution in [2.45, 2.75) is 56.9 Å². The van der Waals surface area contributed by atoms with Gasteiger partial charge in [0.2, 0.25) is 10.0 Å². The van der Waals surface area contributed by atoms with Crippen LogP contribution in [-0.4, -0.2) is 43.7 Å². The molecule has 42 heavy (non-hydrogen) atoms. The van der Waals surface area contributed by atoms with Gasteiger partial charge in [-0.25, -0.2) is 8.42 Å². The van der Waals surface area contributed by atoms with Gasteiger partial charge < -0.3 is 19.4 Å². The Labute approximate surface area is 248 Å². The summed E-state index contributed by atoms with van der Waals surface area (Å²) in [7, 11) is -2.56. The minimum absolute atomic E-state index is 0.150. The minimum atomic E-state index is -4.01. The molecule has 4 aromatic rings. The van der Waals surface area contributed by atoms with E-state index in [0.717, 1.165) is 51.3 Å². The van der Waals surface area contributed by atoms with Crippen LogP contribution in [0.25, 0.3) is 10.9 Å². The molecule has 3 unspecified atom stereocenters. The van der Waals surface area contributed by atoms with E-state index in [0.29, 0.717) is 24.9 Å². The number of nitrogens with zero attached hydrogens (tertiary/aromatic N) is 3. The lowest BCUT2D eigenvalue weighted by atomic mass is 9.91. The first-order chi connectivity index (χ1) is 20.4. The number of fused-ring (bicyclic) bond motifs is 1. The Morgan fingerprint density at radius 3 is 2.31 bits per heavy atom. The van der Waals surface area contributed by atoms with E-state index in [-0.39, 0.29) is 19.3 Å². The van der Waals surface area contributed by atoms with Crippen molar-refractivity contribution in [3.05, 3.63) is 107 Å². The van der Waals surface area contributed by atoms with E-state index < -0.39 is 15.3 Å². The van der Waals surface area contributed by atoms with Gasteiger partial charge in [-0.05, 0) is 59.7 Å². The summed E-state index contributed by atoms with van der Waals surface area (Å²) in [5.74, 6) is 0.201. The lowest BCUT2D eigenvalue weighted by Crippen LogP contribution is -2.33. The molecule has 1 aromatic heterocycles. The molecule has 3 atom stereocenters. The standard InChI is InChI=1S/C33H38N4O4S/c1-25(31-14-9-17-35-31)30-20-37(24-41-22-27-12-7-4-8-13-27)32-16-15-28(18-29(30)32)33(19-34)42(38,39)36(2)23-40-21-26-10-5-3-6-11-26/h3-8,10-13,15-16,18,20,25,31,33,35H,9,14,17,21-24H2,1-2H3. The molecule has 3 aromatic carbocycles. The number of nitriles is 1. The van der Waals surface area contributed by atoms with Gasteiger partial charge in [-0.15, -0.1) is 0 Å². The fourth-order valence-corrected chi connectivity index (χ4v) is 6.80. The van der Waals surface area contributed by atoms with Crippen LogP contribution in [0.3, 0.4) is 0 Å². The van der Waals surface area contributed by atoms with Crippen molar-refractivity contribution in [3.63, 3.8) is 0 Å². The third-order valence-electron chi connectivity index (χ3n) is 8.01. The van der Waals surface area contributed by atoms with Crippen molar-refractivity contribution in [2.24, 2.45) is 0 Å². The Morgan fingerprint density at radius 2 is 1.69 bits per heavy atom. The second-order valence-corrected chi connectivity index (χ2v) is 13.0. The number of hydrogen-bond donors (Lipinski definition) is 1. The van der Waals surface area contributed by atoms with E-state index >= 15 is 0 Å². The molecule has 1 N–H and O–H groups in total. The predicted octanol–water partition coefficient (Wildman–Crippen LogP) is 5.67. The second-order valence-electron chi connectivity index (χ2n) is 10.9. The van der Waals surface area contributed by atoms with Crippen LogP contribution in [0, 0.1) is 11.3 Å². The van der Waals surface area contributed by atoms with E-state index in [1.54, 1.807) is 6.07 Å². The first-order valence-electron chi connectivity index (χ1n) is 14.3. The van der Waals surface area contributed by atoms with Gasteiger partial charge in [0, 0.05) is 24.7 Å². The summed E-state index contributed by atoms with van der Waals surface area (Å²) < 4.78 is 42.0. The average Bonchev–Trinajstić information content (AvgIpc) is 3.67. The number of nitrogens with one attached hydrogen (secondary N) is 1. The van der Waals surface area contributed by atoms with Crippen molar-refractivity contribution in [2.75, 3.05) is 20.3 Å². The Morgan fingerprint density at radius 1 is 1.02 bits per heavy atom. The zero-order chi connectivity index (χ0) is 29.5. The molecule has 1 aliphatic heterocycles. The summed E-state index contributed by atoms with van der Waals surface area (Å²) in [6, 6.07) is 27.5. The van der Waals surface area contributed by atoms with Crippen LogP contribution in [0.15, 0.2) is 85.1 Å². The van der Waals surface area contributed by atoms with Crippen LogP contribution in [0.4, 0.5) is 0 Å². The second kappa shape index (κ2) is 13.6. The third-order valence-corrected chi connectivity index (χ3v) is 9.95. The van der Waals surface area contributed by atoms with Crippen molar-refractivity contribution >= 4 is 20.9 Å². The van der Waals surface area contributed by atoms with E-state index in [1.807, 2.05) is 78.9 Å². The third kappa shape index (κ3) is 6.75. The summed E-state index contributed by atoms with van der Waals surface area (Å²) >= 11 is 0. The van der Waals surface area contributed by atoms with Gasteiger partial charge in [0.1, 0.15) is 13.5 Å². The predicted molar refractivity (Wildman–Crippen MR) is 164 cm³/mol. The summed E-state index contributed by atoms with van der Waals surface area (Å²) in [6.07, 6.45) is 4.33. The molecular formula is C33H38N4O4S. The molecule has 0 radical (unpaired) electrons. The highest BCUT2D eigenvalue weighted by atomic mass is 32.2. The van der Waals surface area contributed by atoms with Gasteiger partial charge in [-0.1, -0.05) is 73.7 Å². The van der Waals surface area contributed by atoms with Crippen molar-refractivity contribution < 1.29 is 17.9 Å². The van der Waals surface area contributed by atoms with E-state index in [9.17, 15) is 13.7 Å². The summed E-state index contributed by atoms with van der Waals surface area (Å²) in [4.78, 5) is 0. The smallest absolute Gasteiger partial charge is 0.236 e. The van der Waals surface area contributed by atoms with Gasteiger partial charge in [-0.3, -0.25) is 0 Å². The van der Waals surface area contributed by atoms with Gasteiger partial charge in [-0.2, -0.15) is 9.57 Å². The maximum atomic E-state index is 13.5. The average molecular weight is 587 g/mol. The number of ether oxygens (including phenoxy) is 2. The molecule has 1 aliphatic rings. The SMILES string of the molecule is CC(c1cn(COCc2ccccc2)c2ccc(C(C#N)S(=O)(=O)N(C)COCc3ccccc3)cc12)C1CCCN1. The summed E-state index contributed by atoms with van der Waals surface area (Å²) in [5.41, 5.74) is 4.54. The van der Waals surface area contributed by atoms with Crippen LogP contribution in [0.1, 0.15) is 53.2 Å². The fourth-order valence-electron chi connectivity index (χ4n) is 5.60. The van der Waals surface area contributed by atoms with Crippen LogP contribution >= 0.6 is 0 Å². The molecule has 0 aliphatic carbocycles. The number of benzene rings is 3. The van der Waals surface area contributed by atoms with E-state index in [4.69, 9.17) is 9.47 Å².